The first kappa shape index (κ1) is 17.3. The Kier molecular flexibility index (Phi) is 6.46. The quantitative estimate of drug-likeness (QED) is 0.841. The number of hydrogen-bond acceptors (Lipinski definition) is 3. The van der Waals surface area contributed by atoms with Gasteiger partial charge in [0.15, 0.2) is 0 Å². The summed E-state index contributed by atoms with van der Waals surface area (Å²) in [6, 6.07) is 1.92. The van der Waals surface area contributed by atoms with E-state index in [-0.39, 0.29) is 17.9 Å². The number of carbonyl (C=O) groups is 2. The van der Waals surface area contributed by atoms with Gasteiger partial charge in [0.2, 0.25) is 5.91 Å². The molecule has 118 valence electrons. The number of amides is 2. The van der Waals surface area contributed by atoms with Crippen molar-refractivity contribution in [1.82, 2.24) is 10.2 Å². The first-order valence-corrected chi connectivity index (χ1v) is 7.54. The molecule has 1 rings (SSSR count). The average Bonchev–Trinajstić information content (AvgIpc) is 2.77. The van der Waals surface area contributed by atoms with E-state index in [4.69, 9.17) is 4.42 Å². The number of hydrogen-bond donors (Lipinski definition) is 1. The predicted molar refractivity (Wildman–Crippen MR) is 82.3 cm³/mol. The third-order valence-electron chi connectivity index (χ3n) is 3.57. The molecule has 5 heteroatoms. The van der Waals surface area contributed by atoms with Crippen molar-refractivity contribution in [3.63, 3.8) is 0 Å². The maximum atomic E-state index is 12.4. The van der Waals surface area contributed by atoms with Gasteiger partial charge in [0, 0.05) is 25.6 Å². The predicted octanol–water partition coefficient (Wildman–Crippen LogP) is 2.66. The van der Waals surface area contributed by atoms with Gasteiger partial charge >= 0.3 is 0 Å². The molecule has 1 aromatic heterocycles. The lowest BCUT2D eigenvalue weighted by molar-refractivity contribution is -0.121. The van der Waals surface area contributed by atoms with Gasteiger partial charge in [0.25, 0.3) is 5.91 Å². The Labute approximate surface area is 126 Å². The van der Waals surface area contributed by atoms with Crippen molar-refractivity contribution < 1.29 is 14.0 Å². The molecule has 0 unspecified atom stereocenters. The third kappa shape index (κ3) is 4.92. The van der Waals surface area contributed by atoms with E-state index in [2.05, 4.69) is 5.32 Å². The Balaban J connectivity index is 2.61. The van der Waals surface area contributed by atoms with Gasteiger partial charge in [-0.2, -0.15) is 0 Å². The minimum atomic E-state index is -0.0804. The first-order valence-electron chi connectivity index (χ1n) is 7.54. The molecule has 0 saturated carbocycles. The van der Waals surface area contributed by atoms with Gasteiger partial charge in [0.1, 0.15) is 11.5 Å². The van der Waals surface area contributed by atoms with Gasteiger partial charge in [-0.1, -0.05) is 6.92 Å². The zero-order chi connectivity index (χ0) is 16.0. The monoisotopic (exact) mass is 294 g/mol. The summed E-state index contributed by atoms with van der Waals surface area (Å²) in [7, 11) is 0. The molecule has 1 N–H and O–H groups in total. The Bertz CT molecular complexity index is 494. The lowest BCUT2D eigenvalue weighted by Crippen LogP contribution is -2.37. The fourth-order valence-electron chi connectivity index (χ4n) is 2.10. The number of aryl methyl sites for hydroxylation is 2. The molecule has 0 saturated heterocycles. The fraction of sp³-hybridized carbons (Fsp3) is 0.625. The highest BCUT2D eigenvalue weighted by molar-refractivity contribution is 5.95. The van der Waals surface area contributed by atoms with Crippen molar-refractivity contribution in [3.05, 3.63) is 23.2 Å². The van der Waals surface area contributed by atoms with E-state index in [0.29, 0.717) is 30.8 Å². The van der Waals surface area contributed by atoms with Crippen LogP contribution in [-0.4, -0.2) is 35.8 Å². The average molecular weight is 294 g/mol. The van der Waals surface area contributed by atoms with Gasteiger partial charge in [-0.05, 0) is 40.2 Å². The van der Waals surface area contributed by atoms with Gasteiger partial charge in [-0.15, -0.1) is 0 Å². The molecule has 0 aliphatic carbocycles. The van der Waals surface area contributed by atoms with E-state index >= 15 is 0 Å². The van der Waals surface area contributed by atoms with E-state index in [1.807, 2.05) is 27.7 Å². The van der Waals surface area contributed by atoms with Crippen molar-refractivity contribution in [1.29, 1.82) is 0 Å². The summed E-state index contributed by atoms with van der Waals surface area (Å²) in [6.45, 7) is 10.5. The Morgan fingerprint density at radius 3 is 2.48 bits per heavy atom. The van der Waals surface area contributed by atoms with E-state index in [1.54, 1.807) is 17.9 Å². The lowest BCUT2D eigenvalue weighted by atomic mass is 10.2. The number of nitrogens with zero attached hydrogens (tertiary/aromatic N) is 1. The minimum Gasteiger partial charge on any atom is -0.466 e. The van der Waals surface area contributed by atoms with Crippen LogP contribution in [0, 0.1) is 13.8 Å². The highest BCUT2D eigenvalue weighted by Crippen LogP contribution is 2.16. The summed E-state index contributed by atoms with van der Waals surface area (Å²) in [6.07, 6.45) is 1.22. The van der Waals surface area contributed by atoms with Gasteiger partial charge in [0.05, 0.1) is 5.56 Å². The molecular formula is C16H26N2O3. The highest BCUT2D eigenvalue weighted by atomic mass is 16.3. The van der Waals surface area contributed by atoms with Crippen molar-refractivity contribution in [2.75, 3.05) is 13.1 Å². The summed E-state index contributed by atoms with van der Waals surface area (Å²) >= 11 is 0. The second-order valence-corrected chi connectivity index (χ2v) is 5.34. The summed E-state index contributed by atoms with van der Waals surface area (Å²) in [5.41, 5.74) is 0.580. The van der Waals surface area contributed by atoms with Crippen LogP contribution < -0.4 is 5.32 Å². The molecule has 1 aromatic rings. The zero-order valence-electron chi connectivity index (χ0n) is 13.7. The standard InChI is InChI=1S/C16H26N2O3/c1-6-11(3)17-15(19)8-9-18(7-2)16(20)14-10-12(4)21-13(14)5/h10-11H,6-9H2,1-5H3,(H,17,19)/t11-/m0/s1. The largest absolute Gasteiger partial charge is 0.466 e. The summed E-state index contributed by atoms with van der Waals surface area (Å²) < 4.78 is 5.40. The van der Waals surface area contributed by atoms with Crippen LogP contribution >= 0.6 is 0 Å². The van der Waals surface area contributed by atoms with Crippen LogP contribution in [0.5, 0.6) is 0 Å². The maximum Gasteiger partial charge on any atom is 0.257 e. The van der Waals surface area contributed by atoms with Crippen LogP contribution in [0.15, 0.2) is 10.5 Å². The SMILES string of the molecule is CC[C@H](C)NC(=O)CCN(CC)C(=O)c1cc(C)oc1C. The van der Waals surface area contributed by atoms with E-state index in [0.717, 1.165) is 12.2 Å². The molecule has 0 aliphatic heterocycles. The van der Waals surface area contributed by atoms with E-state index in [1.165, 1.54) is 0 Å². The molecule has 0 aliphatic rings. The van der Waals surface area contributed by atoms with Crippen LogP contribution in [-0.2, 0) is 4.79 Å². The van der Waals surface area contributed by atoms with E-state index < -0.39 is 0 Å². The van der Waals surface area contributed by atoms with Crippen molar-refractivity contribution in [2.24, 2.45) is 0 Å². The van der Waals surface area contributed by atoms with Crippen molar-refractivity contribution >= 4 is 11.8 Å². The van der Waals surface area contributed by atoms with Crippen LogP contribution in [0.2, 0.25) is 0 Å². The molecular weight excluding hydrogens is 268 g/mol. The smallest absolute Gasteiger partial charge is 0.257 e. The molecule has 1 heterocycles. The summed E-state index contributed by atoms with van der Waals surface area (Å²) in [5.74, 6) is 1.25. The summed E-state index contributed by atoms with van der Waals surface area (Å²) in [5, 5.41) is 2.91. The van der Waals surface area contributed by atoms with Crippen LogP contribution in [0.3, 0.4) is 0 Å². The number of nitrogens with one attached hydrogen (secondary N) is 1. The second kappa shape index (κ2) is 7.86. The fourth-order valence-corrected chi connectivity index (χ4v) is 2.10. The Morgan fingerprint density at radius 2 is 2.00 bits per heavy atom. The van der Waals surface area contributed by atoms with Crippen molar-refractivity contribution in [3.8, 4) is 0 Å². The third-order valence-corrected chi connectivity index (χ3v) is 3.57. The summed E-state index contributed by atoms with van der Waals surface area (Å²) in [4.78, 5) is 25.9. The lowest BCUT2D eigenvalue weighted by Gasteiger charge is -2.21. The Morgan fingerprint density at radius 1 is 1.33 bits per heavy atom. The molecule has 0 aromatic carbocycles. The van der Waals surface area contributed by atoms with Crippen LogP contribution in [0.25, 0.3) is 0 Å². The number of furan rings is 1. The first-order chi connectivity index (χ1) is 9.88. The molecule has 0 radical (unpaired) electrons. The van der Waals surface area contributed by atoms with Gasteiger partial charge < -0.3 is 14.6 Å². The zero-order valence-corrected chi connectivity index (χ0v) is 13.7. The molecule has 0 spiro atoms. The highest BCUT2D eigenvalue weighted by Gasteiger charge is 2.20. The molecule has 5 nitrogen and oxygen atoms in total. The minimum absolute atomic E-state index is 0.0179. The molecule has 0 fully saturated rings. The maximum absolute atomic E-state index is 12.4. The van der Waals surface area contributed by atoms with Crippen molar-refractivity contribution in [2.45, 2.75) is 53.5 Å². The Hall–Kier alpha value is -1.78. The van der Waals surface area contributed by atoms with Crippen LogP contribution in [0.1, 0.15) is 55.5 Å². The number of carbonyl (C=O) groups excluding carboxylic acids is 2. The normalized spacial score (nSPS) is 12.0. The molecule has 0 bridgehead atoms. The number of rotatable bonds is 7. The molecule has 21 heavy (non-hydrogen) atoms. The van der Waals surface area contributed by atoms with E-state index in [9.17, 15) is 9.59 Å². The molecule has 1 atom stereocenters. The second-order valence-electron chi connectivity index (χ2n) is 5.34. The van der Waals surface area contributed by atoms with Gasteiger partial charge in [-0.25, -0.2) is 0 Å². The topological polar surface area (TPSA) is 62.6 Å². The van der Waals surface area contributed by atoms with Crippen LogP contribution in [0.4, 0.5) is 0 Å². The molecule has 2 amide bonds. The van der Waals surface area contributed by atoms with Gasteiger partial charge in [-0.3, -0.25) is 9.59 Å².